The van der Waals surface area contributed by atoms with Crippen molar-refractivity contribution in [2.75, 3.05) is 0 Å². The lowest BCUT2D eigenvalue weighted by molar-refractivity contribution is 0.0946. The molecule has 0 bridgehead atoms. The predicted molar refractivity (Wildman–Crippen MR) is 142 cm³/mol. The summed E-state index contributed by atoms with van der Waals surface area (Å²) in [7, 11) is 0. The highest BCUT2D eigenvalue weighted by molar-refractivity contribution is 7.98. The molecule has 0 radical (unpaired) electrons. The van der Waals surface area contributed by atoms with Gasteiger partial charge in [-0.1, -0.05) is 65.9 Å². The molecule has 0 aliphatic heterocycles. The van der Waals surface area contributed by atoms with Crippen molar-refractivity contribution in [3.8, 4) is 5.69 Å². The summed E-state index contributed by atoms with van der Waals surface area (Å²) in [6, 6.07) is 24.2. The lowest BCUT2D eigenvalue weighted by Gasteiger charge is -2.10. The van der Waals surface area contributed by atoms with Crippen LogP contribution in [0.15, 0.2) is 89.5 Å². The highest BCUT2D eigenvalue weighted by Gasteiger charge is 2.17. The number of aromatic nitrogens is 5. The van der Waals surface area contributed by atoms with Gasteiger partial charge >= 0.3 is 0 Å². The highest BCUT2D eigenvalue weighted by atomic mass is 32.2. The second-order valence-electron chi connectivity index (χ2n) is 8.15. The maximum Gasteiger partial charge on any atom is 0.271 e. The minimum atomic E-state index is -0.207. The van der Waals surface area contributed by atoms with Crippen LogP contribution in [0.25, 0.3) is 5.69 Å². The van der Waals surface area contributed by atoms with Crippen LogP contribution in [0.3, 0.4) is 0 Å². The number of nitrogens with one attached hydrogen (secondary N) is 1. The van der Waals surface area contributed by atoms with Gasteiger partial charge in [0, 0.05) is 23.7 Å². The number of nitrogens with zero attached hydrogens (tertiary/aromatic N) is 5. The largest absolute Gasteiger partial charge is 0.345 e. The van der Waals surface area contributed by atoms with Crippen molar-refractivity contribution in [1.82, 2.24) is 30.0 Å². The van der Waals surface area contributed by atoms with Gasteiger partial charge in [0.05, 0.1) is 18.0 Å². The van der Waals surface area contributed by atoms with Crippen molar-refractivity contribution in [2.24, 2.45) is 0 Å². The molecule has 0 aliphatic carbocycles. The first-order chi connectivity index (χ1) is 17.7. The minimum Gasteiger partial charge on any atom is -0.345 e. The van der Waals surface area contributed by atoms with Crippen LogP contribution in [0.4, 0.5) is 0 Å². The lowest BCUT2D eigenvalue weighted by Crippen LogP contribution is -2.23. The Kier molecular flexibility index (Phi) is 7.49. The molecule has 180 valence electrons. The SMILES string of the molecule is Cc1ccc(-n2c(Cc3ccccc3)nnc2SCc2nc(C(=O)NCc3ccccn3)cs2)cc1. The third-order valence-corrected chi connectivity index (χ3v) is 7.43. The number of benzene rings is 2. The molecule has 2 aromatic carbocycles. The number of rotatable bonds is 9. The van der Waals surface area contributed by atoms with Crippen molar-refractivity contribution >= 4 is 29.0 Å². The van der Waals surface area contributed by atoms with Crippen LogP contribution in [0, 0.1) is 6.92 Å². The summed E-state index contributed by atoms with van der Waals surface area (Å²) in [6.45, 7) is 2.44. The topological polar surface area (TPSA) is 85.6 Å². The van der Waals surface area contributed by atoms with Crippen molar-refractivity contribution in [2.45, 2.75) is 30.8 Å². The monoisotopic (exact) mass is 512 g/mol. The van der Waals surface area contributed by atoms with E-state index in [-0.39, 0.29) is 5.91 Å². The van der Waals surface area contributed by atoms with Crippen molar-refractivity contribution < 1.29 is 4.79 Å². The Hall–Kier alpha value is -3.82. The number of hydrogen-bond donors (Lipinski definition) is 1. The normalized spacial score (nSPS) is 10.9. The smallest absolute Gasteiger partial charge is 0.271 e. The summed E-state index contributed by atoms with van der Waals surface area (Å²) in [5.41, 5.74) is 4.61. The zero-order chi connectivity index (χ0) is 24.7. The maximum atomic E-state index is 12.5. The summed E-state index contributed by atoms with van der Waals surface area (Å²) >= 11 is 3.03. The molecule has 3 heterocycles. The molecule has 0 atom stereocenters. The van der Waals surface area contributed by atoms with Gasteiger partial charge in [-0.05, 0) is 36.8 Å². The summed E-state index contributed by atoms with van der Waals surface area (Å²) in [5, 5.41) is 15.3. The Labute approximate surface area is 217 Å². The first-order valence-electron chi connectivity index (χ1n) is 11.5. The van der Waals surface area contributed by atoms with Crippen molar-refractivity contribution in [1.29, 1.82) is 0 Å². The lowest BCUT2D eigenvalue weighted by atomic mass is 10.1. The molecule has 1 N–H and O–H groups in total. The Morgan fingerprint density at radius 3 is 2.58 bits per heavy atom. The zero-order valence-corrected chi connectivity index (χ0v) is 21.3. The second kappa shape index (κ2) is 11.3. The van der Waals surface area contributed by atoms with Gasteiger partial charge in [0.25, 0.3) is 5.91 Å². The predicted octanol–water partition coefficient (Wildman–Crippen LogP) is 5.24. The molecule has 5 rings (SSSR count). The molecule has 9 heteroatoms. The molecule has 1 amide bonds. The van der Waals surface area contributed by atoms with Crippen LogP contribution in [-0.2, 0) is 18.7 Å². The van der Waals surface area contributed by atoms with Gasteiger partial charge in [-0.2, -0.15) is 0 Å². The second-order valence-corrected chi connectivity index (χ2v) is 10.0. The number of pyridine rings is 1. The van der Waals surface area contributed by atoms with E-state index in [1.807, 2.05) is 36.4 Å². The van der Waals surface area contributed by atoms with Crippen LogP contribution >= 0.6 is 23.1 Å². The fourth-order valence-corrected chi connectivity index (χ4v) is 5.37. The molecular formula is C27H24N6OS2. The molecule has 0 spiro atoms. The summed E-state index contributed by atoms with van der Waals surface area (Å²) < 4.78 is 2.10. The molecule has 5 aromatic rings. The first-order valence-corrected chi connectivity index (χ1v) is 13.3. The van der Waals surface area contributed by atoms with Gasteiger partial charge in [-0.15, -0.1) is 21.5 Å². The Balaban J connectivity index is 1.30. The maximum absolute atomic E-state index is 12.5. The van der Waals surface area contributed by atoms with Gasteiger partial charge in [0.15, 0.2) is 5.16 Å². The third-order valence-electron chi connectivity index (χ3n) is 5.46. The first kappa shape index (κ1) is 23.9. The molecule has 36 heavy (non-hydrogen) atoms. The molecule has 0 unspecified atom stereocenters. The fraction of sp³-hybridized carbons (Fsp3) is 0.148. The summed E-state index contributed by atoms with van der Waals surface area (Å²) in [6.07, 6.45) is 2.39. The van der Waals surface area contributed by atoms with E-state index in [9.17, 15) is 4.79 Å². The van der Waals surface area contributed by atoms with E-state index < -0.39 is 0 Å². The van der Waals surface area contributed by atoms with Crippen LogP contribution in [-0.4, -0.2) is 30.6 Å². The quantitative estimate of drug-likeness (QED) is 0.272. The van der Waals surface area contributed by atoms with E-state index >= 15 is 0 Å². The van der Waals surface area contributed by atoms with Gasteiger partial charge in [0.1, 0.15) is 16.5 Å². The number of aryl methyl sites for hydroxylation is 1. The third kappa shape index (κ3) is 5.87. The minimum absolute atomic E-state index is 0.207. The summed E-state index contributed by atoms with van der Waals surface area (Å²) in [5.74, 6) is 1.26. The van der Waals surface area contributed by atoms with Crippen LogP contribution in [0.5, 0.6) is 0 Å². The Bertz CT molecular complexity index is 1430. The van der Waals surface area contributed by atoms with Crippen LogP contribution in [0.2, 0.25) is 0 Å². The fourth-order valence-electron chi connectivity index (χ4n) is 3.61. The zero-order valence-electron chi connectivity index (χ0n) is 19.7. The number of hydrogen-bond acceptors (Lipinski definition) is 7. The van der Waals surface area contributed by atoms with Crippen LogP contribution < -0.4 is 5.32 Å². The van der Waals surface area contributed by atoms with E-state index in [4.69, 9.17) is 0 Å². The van der Waals surface area contributed by atoms with Gasteiger partial charge in [-0.3, -0.25) is 14.3 Å². The van der Waals surface area contributed by atoms with Gasteiger partial charge in [-0.25, -0.2) is 4.98 Å². The Morgan fingerprint density at radius 1 is 1.00 bits per heavy atom. The number of thiazole rings is 1. The van der Waals surface area contributed by atoms with Crippen LogP contribution in [0.1, 0.15) is 38.1 Å². The standard InChI is InChI=1S/C27H24N6OS2/c1-19-10-12-22(13-11-19)33-24(15-20-7-3-2-4-8-20)31-32-27(33)36-18-25-30-23(17-35-25)26(34)29-16-21-9-5-6-14-28-21/h2-14,17H,15-16,18H2,1H3,(H,29,34). The van der Waals surface area contributed by atoms with Crippen molar-refractivity contribution in [3.05, 3.63) is 118 Å². The summed E-state index contributed by atoms with van der Waals surface area (Å²) in [4.78, 5) is 21.3. The molecule has 7 nitrogen and oxygen atoms in total. The number of amides is 1. The molecule has 3 aromatic heterocycles. The molecule has 0 saturated heterocycles. The van der Waals surface area contributed by atoms with Crippen molar-refractivity contribution in [3.63, 3.8) is 0 Å². The number of carbonyl (C=O) groups excluding carboxylic acids is 1. The number of carbonyl (C=O) groups is 1. The molecule has 0 saturated carbocycles. The van der Waals surface area contributed by atoms with E-state index in [2.05, 4.69) is 73.4 Å². The molecule has 0 fully saturated rings. The number of thioether (sulfide) groups is 1. The van der Waals surface area contributed by atoms with E-state index in [0.29, 0.717) is 24.4 Å². The molecule has 0 aliphatic rings. The van der Waals surface area contributed by atoms with E-state index in [1.54, 1.807) is 23.3 Å². The van der Waals surface area contributed by atoms with E-state index in [1.165, 1.54) is 22.5 Å². The Morgan fingerprint density at radius 2 is 1.81 bits per heavy atom. The highest BCUT2D eigenvalue weighted by Crippen LogP contribution is 2.27. The molecular weight excluding hydrogens is 488 g/mol. The average Bonchev–Trinajstić information content (AvgIpc) is 3.55. The van der Waals surface area contributed by atoms with E-state index in [0.717, 1.165) is 27.4 Å². The van der Waals surface area contributed by atoms with Gasteiger partial charge < -0.3 is 5.32 Å². The average molecular weight is 513 g/mol. The van der Waals surface area contributed by atoms with Gasteiger partial charge in [0.2, 0.25) is 0 Å².